The smallest absolute Gasteiger partial charge is 0.277 e. The fourth-order valence-corrected chi connectivity index (χ4v) is 4.96. The number of benzene rings is 2. The van der Waals surface area contributed by atoms with E-state index in [1.54, 1.807) is 15.8 Å². The van der Waals surface area contributed by atoms with Gasteiger partial charge in [0.25, 0.3) is 5.91 Å². The molecule has 2 bridgehead atoms. The lowest BCUT2D eigenvalue weighted by atomic mass is 9.93. The number of para-hydroxylation sites is 1. The molecule has 168 valence electrons. The number of hydrogen-bond donors (Lipinski definition) is 1. The van der Waals surface area contributed by atoms with Gasteiger partial charge in [-0.1, -0.05) is 30.3 Å². The number of nitrogens with zero attached hydrogens (tertiary/aromatic N) is 3. The van der Waals surface area contributed by atoms with Crippen LogP contribution < -0.4 is 19.9 Å². The molecule has 0 radical (unpaired) electrons. The Balaban J connectivity index is 1.67. The van der Waals surface area contributed by atoms with Crippen LogP contribution in [0.25, 0.3) is 0 Å². The summed E-state index contributed by atoms with van der Waals surface area (Å²) in [7, 11) is 0. The molecule has 0 unspecified atom stereocenters. The van der Waals surface area contributed by atoms with Crippen LogP contribution in [0.1, 0.15) is 46.1 Å². The first-order valence-corrected chi connectivity index (χ1v) is 11.1. The molecule has 0 saturated heterocycles. The SMILES string of the molecule is O=C1c2c(O)c(=O)ccn2N2CN1CCCCOc1cccc3c1[C@H]2c1ccccc1OC3. The van der Waals surface area contributed by atoms with Crippen LogP contribution >= 0.6 is 0 Å². The summed E-state index contributed by atoms with van der Waals surface area (Å²) < 4.78 is 14.0. The monoisotopic (exact) mass is 445 g/mol. The first-order chi connectivity index (χ1) is 16.1. The maximum atomic E-state index is 13.3. The number of amides is 1. The fourth-order valence-electron chi connectivity index (χ4n) is 4.96. The Labute approximate surface area is 190 Å². The van der Waals surface area contributed by atoms with Gasteiger partial charge in [0.15, 0.2) is 11.4 Å². The highest BCUT2D eigenvalue weighted by molar-refractivity contribution is 5.96. The number of pyridine rings is 1. The molecular formula is C25H23N3O5. The van der Waals surface area contributed by atoms with E-state index in [4.69, 9.17) is 9.47 Å². The van der Waals surface area contributed by atoms with E-state index in [2.05, 4.69) is 0 Å². The summed E-state index contributed by atoms with van der Waals surface area (Å²) in [4.78, 5) is 27.3. The quantitative estimate of drug-likeness (QED) is 0.573. The van der Waals surface area contributed by atoms with Crippen molar-refractivity contribution in [3.8, 4) is 17.2 Å². The molecule has 0 fully saturated rings. The molecule has 1 amide bonds. The van der Waals surface area contributed by atoms with Crippen LogP contribution in [-0.2, 0) is 6.61 Å². The maximum absolute atomic E-state index is 13.3. The normalized spacial score (nSPS) is 19.2. The van der Waals surface area contributed by atoms with Gasteiger partial charge in [-0.05, 0) is 30.5 Å². The lowest BCUT2D eigenvalue weighted by Crippen LogP contribution is -2.55. The molecule has 8 nitrogen and oxygen atoms in total. The van der Waals surface area contributed by atoms with E-state index >= 15 is 0 Å². The fraction of sp³-hybridized carbons (Fsp3) is 0.280. The van der Waals surface area contributed by atoms with Crippen molar-refractivity contribution in [2.75, 3.05) is 24.8 Å². The van der Waals surface area contributed by atoms with Crippen molar-refractivity contribution in [2.24, 2.45) is 0 Å². The highest BCUT2D eigenvalue weighted by Gasteiger charge is 2.40. The molecule has 6 rings (SSSR count). The van der Waals surface area contributed by atoms with Gasteiger partial charge in [0.05, 0.1) is 6.61 Å². The van der Waals surface area contributed by atoms with Gasteiger partial charge in [-0.15, -0.1) is 0 Å². The molecule has 0 aliphatic carbocycles. The van der Waals surface area contributed by atoms with Crippen molar-refractivity contribution in [3.05, 3.63) is 87.3 Å². The van der Waals surface area contributed by atoms with Gasteiger partial charge >= 0.3 is 0 Å². The van der Waals surface area contributed by atoms with Crippen LogP contribution in [0.5, 0.6) is 17.2 Å². The molecule has 1 aromatic heterocycles. The second-order valence-corrected chi connectivity index (χ2v) is 8.48. The first kappa shape index (κ1) is 19.7. The highest BCUT2D eigenvalue weighted by atomic mass is 16.5. The Morgan fingerprint density at radius 2 is 1.79 bits per heavy atom. The van der Waals surface area contributed by atoms with E-state index in [0.29, 0.717) is 26.4 Å². The molecule has 1 atom stereocenters. The van der Waals surface area contributed by atoms with Gasteiger partial charge in [-0.2, -0.15) is 0 Å². The van der Waals surface area contributed by atoms with Crippen LogP contribution in [0.3, 0.4) is 0 Å². The van der Waals surface area contributed by atoms with Crippen LogP contribution in [0.4, 0.5) is 0 Å². The number of carbonyl (C=O) groups excluding carboxylic acids is 1. The number of carbonyl (C=O) groups is 1. The van der Waals surface area contributed by atoms with Crippen molar-refractivity contribution in [1.82, 2.24) is 9.58 Å². The Kier molecular flexibility index (Phi) is 4.53. The minimum atomic E-state index is -0.574. The third-order valence-electron chi connectivity index (χ3n) is 6.54. The zero-order valence-electron chi connectivity index (χ0n) is 17.9. The Morgan fingerprint density at radius 1 is 0.939 bits per heavy atom. The number of aromatic nitrogens is 1. The first-order valence-electron chi connectivity index (χ1n) is 11.1. The van der Waals surface area contributed by atoms with Crippen molar-refractivity contribution in [2.45, 2.75) is 25.5 Å². The van der Waals surface area contributed by atoms with E-state index in [9.17, 15) is 14.7 Å². The summed E-state index contributed by atoms with van der Waals surface area (Å²) >= 11 is 0. The average molecular weight is 445 g/mol. The van der Waals surface area contributed by atoms with Crippen molar-refractivity contribution in [3.63, 3.8) is 0 Å². The summed E-state index contributed by atoms with van der Waals surface area (Å²) in [5.74, 6) is 0.632. The molecule has 0 saturated carbocycles. The van der Waals surface area contributed by atoms with Crippen molar-refractivity contribution >= 4 is 5.91 Å². The van der Waals surface area contributed by atoms with E-state index in [0.717, 1.165) is 41.0 Å². The molecule has 1 N–H and O–H groups in total. The second-order valence-electron chi connectivity index (χ2n) is 8.48. The standard InChI is InChI=1S/C25H23N3O5/c29-18-10-12-27-23(24(18)30)25(31)26-11-3-4-13-32-20-9-5-6-16-14-33-19-8-2-1-7-17(19)22(21(16)20)28(27)15-26/h1-2,5-10,12,22,30H,3-4,11,13-15H2/t22-/m1/s1. The van der Waals surface area contributed by atoms with Gasteiger partial charge in [0.2, 0.25) is 5.43 Å². The molecule has 33 heavy (non-hydrogen) atoms. The Hall–Kier alpha value is -3.94. The molecule has 3 aromatic rings. The third-order valence-corrected chi connectivity index (χ3v) is 6.54. The van der Waals surface area contributed by atoms with E-state index in [1.807, 2.05) is 47.5 Å². The molecule has 3 aliphatic heterocycles. The number of fused-ring (bicyclic) bond motifs is 7. The minimum Gasteiger partial charge on any atom is -0.502 e. The summed E-state index contributed by atoms with van der Waals surface area (Å²) in [6.45, 7) is 1.71. The molecule has 2 aromatic carbocycles. The van der Waals surface area contributed by atoms with Crippen LogP contribution in [0.15, 0.2) is 59.5 Å². The predicted molar refractivity (Wildman–Crippen MR) is 120 cm³/mol. The highest BCUT2D eigenvalue weighted by Crippen LogP contribution is 2.44. The van der Waals surface area contributed by atoms with Crippen molar-refractivity contribution in [1.29, 1.82) is 0 Å². The minimum absolute atomic E-state index is 0.0180. The average Bonchev–Trinajstić information content (AvgIpc) is 3.01. The topological polar surface area (TPSA) is 84.2 Å². The van der Waals surface area contributed by atoms with E-state index in [1.165, 1.54) is 6.07 Å². The molecule has 8 heteroatoms. The second kappa shape index (κ2) is 7.58. The van der Waals surface area contributed by atoms with Crippen LogP contribution in [0, 0.1) is 0 Å². The van der Waals surface area contributed by atoms with Crippen LogP contribution in [-0.4, -0.2) is 40.4 Å². The number of hydrogen-bond acceptors (Lipinski definition) is 6. The van der Waals surface area contributed by atoms with Crippen LogP contribution in [0.2, 0.25) is 0 Å². The summed E-state index contributed by atoms with van der Waals surface area (Å²) in [6, 6.07) is 14.7. The van der Waals surface area contributed by atoms with Gasteiger partial charge in [-0.25, -0.2) is 0 Å². The predicted octanol–water partition coefficient (Wildman–Crippen LogP) is 2.76. The van der Waals surface area contributed by atoms with Gasteiger partial charge in [0, 0.05) is 29.9 Å². The third kappa shape index (κ3) is 3.05. The Bertz CT molecular complexity index is 1320. The van der Waals surface area contributed by atoms with Crippen molar-refractivity contribution < 1.29 is 19.4 Å². The number of ether oxygens (including phenoxy) is 2. The van der Waals surface area contributed by atoms with E-state index in [-0.39, 0.29) is 17.6 Å². The zero-order valence-corrected chi connectivity index (χ0v) is 17.9. The molecule has 0 spiro atoms. The zero-order chi connectivity index (χ0) is 22.5. The maximum Gasteiger partial charge on any atom is 0.277 e. The van der Waals surface area contributed by atoms with Gasteiger partial charge in [0.1, 0.15) is 30.8 Å². The molecule has 3 aliphatic rings. The summed E-state index contributed by atoms with van der Waals surface area (Å²) in [5, 5.41) is 12.6. The van der Waals surface area contributed by atoms with Gasteiger partial charge in [-0.3, -0.25) is 19.3 Å². The lowest BCUT2D eigenvalue weighted by molar-refractivity contribution is 0.0676. The largest absolute Gasteiger partial charge is 0.502 e. The number of aromatic hydroxyl groups is 1. The molecular weight excluding hydrogens is 422 g/mol. The molecule has 4 heterocycles. The lowest BCUT2D eigenvalue weighted by Gasteiger charge is -2.44. The Morgan fingerprint density at radius 3 is 2.70 bits per heavy atom. The summed E-state index contributed by atoms with van der Waals surface area (Å²) in [6.07, 6.45) is 3.08. The van der Waals surface area contributed by atoms with Gasteiger partial charge < -0.3 is 19.5 Å². The number of rotatable bonds is 0. The van der Waals surface area contributed by atoms with E-state index < -0.39 is 11.2 Å². The summed E-state index contributed by atoms with van der Waals surface area (Å²) in [5.41, 5.74) is 2.28.